The molecule has 9 heteroatoms. The Morgan fingerprint density at radius 1 is 1.41 bits per heavy atom. The summed E-state index contributed by atoms with van der Waals surface area (Å²) in [6, 6.07) is 5.71. The molecule has 7 nitrogen and oxygen atoms in total. The highest BCUT2D eigenvalue weighted by Gasteiger charge is 2.21. The van der Waals surface area contributed by atoms with E-state index in [-0.39, 0.29) is 34.4 Å². The van der Waals surface area contributed by atoms with E-state index in [9.17, 15) is 13.2 Å². The number of nitrogens with two attached hydrogens (primary N) is 1. The second-order valence-corrected chi connectivity index (χ2v) is 7.58. The average Bonchev–Trinajstić information content (AvgIpc) is 3.02. The van der Waals surface area contributed by atoms with Gasteiger partial charge in [-0.15, -0.1) is 11.3 Å². The van der Waals surface area contributed by atoms with Crippen LogP contribution in [-0.2, 0) is 16.4 Å². The second-order valence-electron chi connectivity index (χ2n) is 4.29. The second kappa shape index (κ2) is 6.97. The van der Waals surface area contributed by atoms with Gasteiger partial charge in [-0.2, -0.15) is 0 Å². The number of aliphatic hydroxyl groups excluding tert-OH is 1. The molecule has 0 atom stereocenters. The summed E-state index contributed by atoms with van der Waals surface area (Å²) in [6.07, 6.45) is 1.26. The number of nitrogens with zero attached hydrogens (tertiary/aromatic N) is 1. The number of carbonyl (C=O) groups is 1. The van der Waals surface area contributed by atoms with Gasteiger partial charge in [0, 0.05) is 18.7 Å². The number of nitrogens with one attached hydrogen (secondary N) is 1. The molecular formula is C13H15N3O4S2. The van der Waals surface area contributed by atoms with Crippen LogP contribution in [0.2, 0.25) is 0 Å². The van der Waals surface area contributed by atoms with Crippen molar-refractivity contribution in [3.63, 3.8) is 0 Å². The van der Waals surface area contributed by atoms with E-state index in [1.165, 1.54) is 30.5 Å². The third-order valence-electron chi connectivity index (χ3n) is 2.78. The fourth-order valence-corrected chi connectivity index (χ4v) is 4.21. The molecule has 0 aliphatic rings. The molecule has 4 N–H and O–H groups in total. The van der Waals surface area contributed by atoms with Crippen LogP contribution in [0.4, 0.5) is 0 Å². The van der Waals surface area contributed by atoms with Gasteiger partial charge in [-0.1, -0.05) is 6.07 Å². The van der Waals surface area contributed by atoms with Gasteiger partial charge in [0.05, 0.1) is 17.7 Å². The smallest absolute Gasteiger partial charge is 0.251 e. The maximum Gasteiger partial charge on any atom is 0.251 e. The largest absolute Gasteiger partial charge is 0.395 e. The van der Waals surface area contributed by atoms with Crippen LogP contribution in [0.5, 0.6) is 0 Å². The molecule has 1 aromatic heterocycles. The predicted octanol–water partition coefficient (Wildman–Crippen LogP) is 0.157. The molecule has 22 heavy (non-hydrogen) atoms. The fraction of sp³-hybridized carbons (Fsp3) is 0.231. The van der Waals surface area contributed by atoms with Gasteiger partial charge in [-0.3, -0.25) is 4.79 Å². The van der Waals surface area contributed by atoms with Crippen molar-refractivity contribution in [2.45, 2.75) is 15.6 Å². The van der Waals surface area contributed by atoms with Gasteiger partial charge in [-0.05, 0) is 18.2 Å². The zero-order chi connectivity index (χ0) is 16.2. The van der Waals surface area contributed by atoms with Crippen molar-refractivity contribution in [1.29, 1.82) is 0 Å². The topological polar surface area (TPSA) is 122 Å². The van der Waals surface area contributed by atoms with E-state index in [0.29, 0.717) is 5.01 Å². The first-order valence-electron chi connectivity index (χ1n) is 6.38. The zero-order valence-electron chi connectivity index (χ0n) is 11.5. The zero-order valence-corrected chi connectivity index (χ0v) is 13.2. The Balaban J connectivity index is 2.33. The average molecular weight is 341 g/mol. The summed E-state index contributed by atoms with van der Waals surface area (Å²) in [4.78, 5) is 15.8. The lowest BCUT2D eigenvalue weighted by molar-refractivity contribution is 0.0944. The summed E-state index contributed by atoms with van der Waals surface area (Å²) in [5.41, 5.74) is 5.64. The number of hydrogen-bond donors (Lipinski definition) is 3. The van der Waals surface area contributed by atoms with Crippen LogP contribution in [-0.4, -0.2) is 37.6 Å². The first-order chi connectivity index (χ1) is 10.5. The maximum absolute atomic E-state index is 12.5. The lowest BCUT2D eigenvalue weighted by atomic mass is 10.2. The molecule has 2 rings (SSSR count). The van der Waals surface area contributed by atoms with E-state index in [0.717, 1.165) is 11.3 Å². The summed E-state index contributed by atoms with van der Waals surface area (Å²) in [7, 11) is -3.73. The number of aliphatic hydroxyl groups is 1. The van der Waals surface area contributed by atoms with Crippen LogP contribution in [0.3, 0.4) is 0 Å². The van der Waals surface area contributed by atoms with E-state index < -0.39 is 15.7 Å². The minimum atomic E-state index is -3.73. The summed E-state index contributed by atoms with van der Waals surface area (Å²) in [6.45, 7) is 0.0841. The van der Waals surface area contributed by atoms with Gasteiger partial charge in [0.1, 0.15) is 9.22 Å². The van der Waals surface area contributed by atoms with Crippen LogP contribution in [0.25, 0.3) is 0 Å². The molecule has 0 unspecified atom stereocenters. The van der Waals surface area contributed by atoms with Crippen LogP contribution < -0.4 is 11.1 Å². The molecule has 1 aromatic carbocycles. The Hall–Kier alpha value is -1.81. The van der Waals surface area contributed by atoms with E-state index in [4.69, 9.17) is 10.8 Å². The Morgan fingerprint density at radius 2 is 2.18 bits per heavy atom. The Bertz CT molecular complexity index is 771. The number of hydrogen-bond acceptors (Lipinski definition) is 7. The first-order valence-corrected chi connectivity index (χ1v) is 8.68. The summed E-state index contributed by atoms with van der Waals surface area (Å²) in [5, 5.41) is 11.7. The Labute approximate surface area is 131 Å². The van der Waals surface area contributed by atoms with E-state index >= 15 is 0 Å². The van der Waals surface area contributed by atoms with Gasteiger partial charge in [0.2, 0.25) is 9.84 Å². The molecule has 0 fully saturated rings. The van der Waals surface area contributed by atoms with Crippen molar-refractivity contribution in [3.05, 3.63) is 41.0 Å². The van der Waals surface area contributed by atoms with Gasteiger partial charge in [0.25, 0.3) is 5.91 Å². The highest BCUT2D eigenvalue weighted by Crippen LogP contribution is 2.26. The summed E-state index contributed by atoms with van der Waals surface area (Å²) in [5.74, 6) is -0.446. The summed E-state index contributed by atoms with van der Waals surface area (Å²) >= 11 is 1.01. The van der Waals surface area contributed by atoms with Gasteiger partial charge < -0.3 is 16.2 Å². The molecule has 0 bridgehead atoms. The maximum atomic E-state index is 12.5. The number of aromatic nitrogens is 1. The Kier molecular flexibility index (Phi) is 5.24. The number of rotatable bonds is 6. The van der Waals surface area contributed by atoms with Crippen LogP contribution in [0, 0.1) is 0 Å². The molecule has 0 saturated heterocycles. The van der Waals surface area contributed by atoms with Crippen molar-refractivity contribution in [2.24, 2.45) is 5.73 Å². The van der Waals surface area contributed by atoms with Crippen molar-refractivity contribution >= 4 is 27.1 Å². The SMILES string of the molecule is NCc1ncc(S(=O)(=O)c2cccc(C(=O)NCCO)c2)s1. The molecule has 1 heterocycles. The molecule has 0 radical (unpaired) electrons. The monoisotopic (exact) mass is 341 g/mol. The molecule has 0 aliphatic carbocycles. The Morgan fingerprint density at radius 3 is 2.82 bits per heavy atom. The standard InChI is InChI=1S/C13H15N3O4S2/c14-7-11-16-8-12(21-11)22(19,20)10-3-1-2-9(6-10)13(18)15-4-5-17/h1-3,6,8,17H,4-5,7,14H2,(H,15,18). The van der Waals surface area contributed by atoms with Crippen LogP contribution in [0.1, 0.15) is 15.4 Å². The lowest BCUT2D eigenvalue weighted by Crippen LogP contribution is -2.26. The quantitative estimate of drug-likeness (QED) is 0.688. The molecule has 0 spiro atoms. The highest BCUT2D eigenvalue weighted by molar-refractivity contribution is 7.93. The van der Waals surface area contributed by atoms with Gasteiger partial charge in [-0.25, -0.2) is 13.4 Å². The number of thiazole rings is 1. The molecule has 2 aromatic rings. The molecule has 1 amide bonds. The normalized spacial score (nSPS) is 11.4. The molecule has 0 saturated carbocycles. The minimum absolute atomic E-state index is 0.0105. The third kappa shape index (κ3) is 3.50. The van der Waals surface area contributed by atoms with Crippen LogP contribution in [0.15, 0.2) is 39.6 Å². The number of benzene rings is 1. The fourth-order valence-electron chi connectivity index (χ4n) is 1.70. The van der Waals surface area contributed by atoms with Gasteiger partial charge in [0.15, 0.2) is 0 Å². The van der Waals surface area contributed by atoms with E-state index in [1.54, 1.807) is 0 Å². The third-order valence-corrected chi connectivity index (χ3v) is 6.01. The van der Waals surface area contributed by atoms with Crippen molar-refractivity contribution < 1.29 is 18.3 Å². The van der Waals surface area contributed by atoms with Crippen LogP contribution >= 0.6 is 11.3 Å². The predicted molar refractivity (Wildman–Crippen MR) is 81.3 cm³/mol. The number of carbonyl (C=O) groups excluding carboxylic acids is 1. The molecular weight excluding hydrogens is 326 g/mol. The molecule has 118 valence electrons. The lowest BCUT2D eigenvalue weighted by Gasteiger charge is -2.06. The number of sulfone groups is 1. The van der Waals surface area contributed by atoms with Crippen molar-refractivity contribution in [3.8, 4) is 0 Å². The molecule has 0 aliphatic heterocycles. The van der Waals surface area contributed by atoms with E-state index in [2.05, 4.69) is 10.3 Å². The minimum Gasteiger partial charge on any atom is -0.395 e. The van der Waals surface area contributed by atoms with Crippen molar-refractivity contribution in [1.82, 2.24) is 10.3 Å². The number of amides is 1. The van der Waals surface area contributed by atoms with E-state index in [1.807, 2.05) is 0 Å². The highest BCUT2D eigenvalue weighted by atomic mass is 32.2. The van der Waals surface area contributed by atoms with Crippen molar-refractivity contribution in [2.75, 3.05) is 13.2 Å². The first kappa shape index (κ1) is 16.6. The summed E-state index contributed by atoms with van der Waals surface area (Å²) < 4.78 is 25.1. The van der Waals surface area contributed by atoms with Gasteiger partial charge >= 0.3 is 0 Å².